The van der Waals surface area contributed by atoms with Crippen molar-refractivity contribution < 1.29 is 23.1 Å². The van der Waals surface area contributed by atoms with E-state index in [0.717, 1.165) is 0 Å². The molecule has 0 spiro atoms. The van der Waals surface area contributed by atoms with Gasteiger partial charge >= 0.3 is 6.09 Å². The molecule has 1 rings (SSSR count). The van der Waals surface area contributed by atoms with E-state index in [1.807, 2.05) is 20.8 Å². The number of rotatable bonds is 2. The summed E-state index contributed by atoms with van der Waals surface area (Å²) in [4.78, 5) is 10.9. The third-order valence-corrected chi connectivity index (χ3v) is 4.85. The Morgan fingerprint density at radius 1 is 1.33 bits per heavy atom. The van der Waals surface area contributed by atoms with Gasteiger partial charge in [0, 0.05) is 5.41 Å². The van der Waals surface area contributed by atoms with Crippen molar-refractivity contribution in [3.8, 4) is 0 Å². The van der Waals surface area contributed by atoms with Gasteiger partial charge in [-0.15, -0.1) is 0 Å². The zero-order chi connectivity index (χ0) is 14.2. The molecule has 3 N–H and O–H groups in total. The monoisotopic (exact) mass is 279 g/mol. The van der Waals surface area contributed by atoms with E-state index < -0.39 is 33.1 Å². The molecule has 0 aromatic heterocycles. The first-order valence-corrected chi connectivity index (χ1v) is 7.67. The van der Waals surface area contributed by atoms with Crippen molar-refractivity contribution in [3.63, 3.8) is 0 Å². The fourth-order valence-corrected chi connectivity index (χ4v) is 3.90. The van der Waals surface area contributed by atoms with E-state index in [0.29, 0.717) is 0 Å². The summed E-state index contributed by atoms with van der Waals surface area (Å²) in [5.74, 6) is -0.198. The van der Waals surface area contributed by atoms with Crippen LogP contribution in [0, 0.1) is 5.41 Å². The molecule has 1 unspecified atom stereocenters. The van der Waals surface area contributed by atoms with E-state index in [4.69, 9.17) is 10.5 Å². The van der Waals surface area contributed by atoms with Crippen LogP contribution in [0.2, 0.25) is 0 Å². The van der Waals surface area contributed by atoms with Crippen LogP contribution < -0.4 is 5.73 Å². The topological polar surface area (TPSA) is 107 Å². The minimum atomic E-state index is -3.09. The van der Waals surface area contributed by atoms with Crippen molar-refractivity contribution in [1.29, 1.82) is 0 Å². The molecule has 0 saturated carbocycles. The molecule has 0 aromatic rings. The van der Waals surface area contributed by atoms with Crippen LogP contribution >= 0.6 is 0 Å². The molecule has 1 heterocycles. The number of carbonyl (C=O) groups excluding carboxylic acids is 1. The molecule has 18 heavy (non-hydrogen) atoms. The Morgan fingerprint density at radius 2 is 1.78 bits per heavy atom. The summed E-state index contributed by atoms with van der Waals surface area (Å²) >= 11 is 0. The maximum atomic E-state index is 11.4. The Bertz CT molecular complexity index is 409. The van der Waals surface area contributed by atoms with Gasteiger partial charge in [0.1, 0.15) is 11.7 Å². The molecular weight excluding hydrogens is 258 g/mol. The van der Waals surface area contributed by atoms with Crippen molar-refractivity contribution >= 4 is 15.9 Å². The molecule has 1 aliphatic rings. The van der Waals surface area contributed by atoms with E-state index in [-0.39, 0.29) is 24.3 Å². The standard InChI is InChI=1S/C11H21NO5S/c1-10(2,3)8(17-9(12)13)11(14)4-6-18(15,16)7-5-11/h8,14H,4-7H2,1-3H3,(H2,12,13). The molecule has 7 heteroatoms. The third kappa shape index (κ3) is 3.58. The molecule has 1 amide bonds. The second kappa shape index (κ2) is 4.70. The van der Waals surface area contributed by atoms with Crippen LogP contribution in [0.15, 0.2) is 0 Å². The van der Waals surface area contributed by atoms with Gasteiger partial charge in [-0.05, 0) is 12.8 Å². The number of ether oxygens (including phenoxy) is 1. The predicted octanol–water partition coefficient (Wildman–Crippen LogP) is 0.436. The van der Waals surface area contributed by atoms with Gasteiger partial charge in [-0.3, -0.25) is 0 Å². The van der Waals surface area contributed by atoms with Gasteiger partial charge < -0.3 is 15.6 Å². The normalized spacial score (nSPS) is 24.2. The first-order valence-electron chi connectivity index (χ1n) is 5.85. The summed E-state index contributed by atoms with van der Waals surface area (Å²) in [5, 5.41) is 10.6. The average Bonchev–Trinajstić information content (AvgIpc) is 2.18. The largest absolute Gasteiger partial charge is 0.443 e. The van der Waals surface area contributed by atoms with Gasteiger partial charge in [-0.1, -0.05) is 20.8 Å². The number of carbonyl (C=O) groups is 1. The number of hydrogen-bond acceptors (Lipinski definition) is 5. The zero-order valence-electron chi connectivity index (χ0n) is 11.0. The Morgan fingerprint density at radius 3 is 2.11 bits per heavy atom. The molecule has 6 nitrogen and oxygen atoms in total. The molecular formula is C11H21NO5S. The number of primary amides is 1. The van der Waals surface area contributed by atoms with Gasteiger partial charge in [0.05, 0.1) is 11.5 Å². The van der Waals surface area contributed by atoms with Crippen LogP contribution in [-0.4, -0.2) is 42.8 Å². The van der Waals surface area contributed by atoms with Crippen LogP contribution in [0.25, 0.3) is 0 Å². The molecule has 1 fully saturated rings. The van der Waals surface area contributed by atoms with Crippen molar-refractivity contribution in [1.82, 2.24) is 0 Å². The fourth-order valence-electron chi connectivity index (χ4n) is 2.36. The molecule has 0 bridgehead atoms. The number of hydrogen-bond donors (Lipinski definition) is 2. The summed E-state index contributed by atoms with van der Waals surface area (Å²) in [6.07, 6.45) is -1.66. The van der Waals surface area contributed by atoms with Gasteiger partial charge in [-0.2, -0.15) is 0 Å². The lowest BCUT2D eigenvalue weighted by Crippen LogP contribution is -2.56. The molecule has 106 valence electrons. The lowest BCUT2D eigenvalue weighted by atomic mass is 9.75. The SMILES string of the molecule is CC(C)(C)C(OC(N)=O)C1(O)CCS(=O)(=O)CC1. The highest BCUT2D eigenvalue weighted by atomic mass is 32.2. The van der Waals surface area contributed by atoms with Gasteiger partial charge in [0.25, 0.3) is 0 Å². The minimum absolute atomic E-state index is 0.0601. The summed E-state index contributed by atoms with van der Waals surface area (Å²) in [7, 11) is -3.09. The molecule has 1 atom stereocenters. The van der Waals surface area contributed by atoms with E-state index >= 15 is 0 Å². The van der Waals surface area contributed by atoms with E-state index in [2.05, 4.69) is 0 Å². The van der Waals surface area contributed by atoms with Crippen molar-refractivity contribution in [3.05, 3.63) is 0 Å². The van der Waals surface area contributed by atoms with Gasteiger partial charge in [0.15, 0.2) is 9.84 Å². The summed E-state index contributed by atoms with van der Waals surface area (Å²) < 4.78 is 27.8. The first kappa shape index (κ1) is 15.2. The van der Waals surface area contributed by atoms with Crippen molar-refractivity contribution in [2.45, 2.75) is 45.3 Å². The Kier molecular flexibility index (Phi) is 3.97. The third-order valence-electron chi connectivity index (χ3n) is 3.20. The summed E-state index contributed by atoms with van der Waals surface area (Å²) in [6, 6.07) is 0. The van der Waals surface area contributed by atoms with Crippen LogP contribution in [0.4, 0.5) is 4.79 Å². The van der Waals surface area contributed by atoms with Crippen LogP contribution in [-0.2, 0) is 14.6 Å². The van der Waals surface area contributed by atoms with Gasteiger partial charge in [0.2, 0.25) is 0 Å². The molecule has 0 radical (unpaired) electrons. The Hall–Kier alpha value is -0.820. The summed E-state index contributed by atoms with van der Waals surface area (Å²) in [6.45, 7) is 5.42. The first-order chi connectivity index (χ1) is 7.96. The highest BCUT2D eigenvalue weighted by Gasteiger charge is 2.49. The lowest BCUT2D eigenvalue weighted by Gasteiger charge is -2.44. The fraction of sp³-hybridized carbons (Fsp3) is 0.909. The van der Waals surface area contributed by atoms with Crippen molar-refractivity contribution in [2.75, 3.05) is 11.5 Å². The maximum Gasteiger partial charge on any atom is 0.404 e. The highest BCUT2D eigenvalue weighted by molar-refractivity contribution is 7.91. The predicted molar refractivity (Wildman–Crippen MR) is 66.7 cm³/mol. The maximum absolute atomic E-state index is 11.4. The molecule has 0 aliphatic carbocycles. The smallest absolute Gasteiger partial charge is 0.404 e. The minimum Gasteiger partial charge on any atom is -0.443 e. The highest BCUT2D eigenvalue weighted by Crippen LogP contribution is 2.38. The number of sulfone groups is 1. The van der Waals surface area contributed by atoms with Crippen LogP contribution in [0.3, 0.4) is 0 Å². The van der Waals surface area contributed by atoms with E-state index in [1.54, 1.807) is 0 Å². The van der Waals surface area contributed by atoms with Crippen LogP contribution in [0.1, 0.15) is 33.6 Å². The van der Waals surface area contributed by atoms with Gasteiger partial charge in [-0.25, -0.2) is 13.2 Å². The second-order valence-corrected chi connectivity index (χ2v) is 8.24. The van der Waals surface area contributed by atoms with E-state index in [9.17, 15) is 18.3 Å². The molecule has 1 aliphatic heterocycles. The number of amides is 1. The molecule has 0 aromatic carbocycles. The van der Waals surface area contributed by atoms with Crippen molar-refractivity contribution in [2.24, 2.45) is 11.1 Å². The van der Waals surface area contributed by atoms with E-state index in [1.165, 1.54) is 0 Å². The summed E-state index contributed by atoms with van der Waals surface area (Å²) in [5.41, 5.74) is 3.16. The molecule has 1 saturated heterocycles. The Labute approximate surface area is 107 Å². The van der Waals surface area contributed by atoms with Crippen LogP contribution in [0.5, 0.6) is 0 Å². The zero-order valence-corrected chi connectivity index (χ0v) is 11.8. The number of aliphatic hydroxyl groups is 1. The Balaban J connectivity index is 2.95. The number of nitrogens with two attached hydrogens (primary N) is 1. The average molecular weight is 279 g/mol. The second-order valence-electron chi connectivity index (χ2n) is 5.94. The quantitative estimate of drug-likeness (QED) is 0.762. The lowest BCUT2D eigenvalue weighted by molar-refractivity contribution is -0.126.